The lowest BCUT2D eigenvalue weighted by atomic mass is 10.1. The van der Waals surface area contributed by atoms with Crippen LogP contribution in [0.4, 0.5) is 0 Å². The topological polar surface area (TPSA) is 61.5 Å². The number of hydrogen-bond acceptors (Lipinski definition) is 5. The standard InChI is InChI=1S/C15H17NO3S/c1-18-15(17)14(16)9-11-4-2-5-12(8-11)19-10-13-6-3-7-20-13/h2-8,14H,9-10,16H2,1H3. The molecule has 4 nitrogen and oxygen atoms in total. The second-order valence-corrected chi connectivity index (χ2v) is 5.38. The molecule has 1 aromatic heterocycles. The summed E-state index contributed by atoms with van der Waals surface area (Å²) in [4.78, 5) is 12.5. The zero-order valence-electron chi connectivity index (χ0n) is 11.2. The number of hydrogen-bond donors (Lipinski definition) is 1. The number of carbonyl (C=O) groups excluding carboxylic acids is 1. The van der Waals surface area contributed by atoms with Crippen molar-refractivity contribution in [2.45, 2.75) is 19.1 Å². The van der Waals surface area contributed by atoms with Crippen LogP contribution in [-0.2, 0) is 22.6 Å². The second kappa shape index (κ2) is 7.07. The van der Waals surface area contributed by atoms with Crippen LogP contribution in [0.15, 0.2) is 41.8 Å². The van der Waals surface area contributed by atoms with Gasteiger partial charge in [-0.05, 0) is 35.6 Å². The second-order valence-electron chi connectivity index (χ2n) is 4.35. The van der Waals surface area contributed by atoms with Gasteiger partial charge in [0, 0.05) is 4.88 Å². The van der Waals surface area contributed by atoms with Crippen LogP contribution in [0.25, 0.3) is 0 Å². The first-order valence-electron chi connectivity index (χ1n) is 6.26. The van der Waals surface area contributed by atoms with Crippen LogP contribution in [0.2, 0.25) is 0 Å². The summed E-state index contributed by atoms with van der Waals surface area (Å²) in [5.74, 6) is 0.364. The number of carbonyl (C=O) groups is 1. The largest absolute Gasteiger partial charge is 0.488 e. The summed E-state index contributed by atoms with van der Waals surface area (Å²) in [5.41, 5.74) is 6.70. The lowest BCUT2D eigenvalue weighted by Gasteiger charge is -2.11. The molecule has 1 aromatic carbocycles. The zero-order valence-corrected chi connectivity index (χ0v) is 12.1. The van der Waals surface area contributed by atoms with Gasteiger partial charge in [-0.3, -0.25) is 4.79 Å². The van der Waals surface area contributed by atoms with Crippen molar-refractivity contribution in [2.24, 2.45) is 5.73 Å². The molecule has 0 spiro atoms. The Morgan fingerprint density at radius 3 is 2.90 bits per heavy atom. The van der Waals surface area contributed by atoms with Gasteiger partial charge in [-0.1, -0.05) is 18.2 Å². The van der Waals surface area contributed by atoms with Gasteiger partial charge in [-0.15, -0.1) is 11.3 Å². The lowest BCUT2D eigenvalue weighted by Crippen LogP contribution is -2.33. The summed E-state index contributed by atoms with van der Waals surface area (Å²) < 4.78 is 10.3. The van der Waals surface area contributed by atoms with Gasteiger partial charge in [-0.25, -0.2) is 0 Å². The van der Waals surface area contributed by atoms with Gasteiger partial charge >= 0.3 is 5.97 Å². The summed E-state index contributed by atoms with van der Waals surface area (Å²) >= 11 is 1.66. The average Bonchev–Trinajstić information content (AvgIpc) is 2.98. The van der Waals surface area contributed by atoms with Crippen LogP contribution >= 0.6 is 11.3 Å². The lowest BCUT2D eigenvalue weighted by molar-refractivity contribution is -0.142. The Kier molecular flexibility index (Phi) is 5.15. The molecule has 20 heavy (non-hydrogen) atoms. The van der Waals surface area contributed by atoms with Crippen molar-refractivity contribution >= 4 is 17.3 Å². The van der Waals surface area contributed by atoms with Crippen LogP contribution in [0.3, 0.4) is 0 Å². The fourth-order valence-electron chi connectivity index (χ4n) is 1.80. The van der Waals surface area contributed by atoms with Gasteiger partial charge < -0.3 is 15.2 Å². The quantitative estimate of drug-likeness (QED) is 0.830. The molecule has 1 unspecified atom stereocenters. The Hall–Kier alpha value is -1.85. The number of ether oxygens (including phenoxy) is 2. The predicted octanol–water partition coefficient (Wildman–Crippen LogP) is 2.37. The number of nitrogens with two attached hydrogens (primary N) is 1. The molecule has 2 aromatic rings. The highest BCUT2D eigenvalue weighted by Crippen LogP contribution is 2.18. The maximum absolute atomic E-state index is 11.3. The smallest absolute Gasteiger partial charge is 0.322 e. The molecular weight excluding hydrogens is 274 g/mol. The summed E-state index contributed by atoms with van der Waals surface area (Å²) in [6.07, 6.45) is 0.433. The first kappa shape index (κ1) is 14.6. The Morgan fingerprint density at radius 2 is 2.20 bits per heavy atom. The van der Waals surface area contributed by atoms with Crippen LogP contribution < -0.4 is 10.5 Å². The molecule has 1 heterocycles. The minimum absolute atomic E-state index is 0.407. The Labute approximate surface area is 122 Å². The van der Waals surface area contributed by atoms with Crippen LogP contribution in [0, 0.1) is 0 Å². The van der Waals surface area contributed by atoms with Crippen molar-refractivity contribution in [3.63, 3.8) is 0 Å². The van der Waals surface area contributed by atoms with E-state index in [1.165, 1.54) is 12.0 Å². The minimum atomic E-state index is -0.646. The first-order chi connectivity index (χ1) is 9.69. The molecule has 2 N–H and O–H groups in total. The third-order valence-corrected chi connectivity index (χ3v) is 3.67. The molecule has 5 heteroatoms. The number of thiophene rings is 1. The predicted molar refractivity (Wildman–Crippen MR) is 78.8 cm³/mol. The minimum Gasteiger partial charge on any atom is -0.488 e. The van der Waals surface area contributed by atoms with E-state index in [2.05, 4.69) is 4.74 Å². The van der Waals surface area contributed by atoms with Crippen LogP contribution in [0.5, 0.6) is 5.75 Å². The molecule has 0 saturated carbocycles. The number of rotatable bonds is 6. The maximum atomic E-state index is 11.3. The van der Waals surface area contributed by atoms with Crippen molar-refractivity contribution in [3.05, 3.63) is 52.2 Å². The average molecular weight is 291 g/mol. The van der Waals surface area contributed by atoms with E-state index in [4.69, 9.17) is 10.5 Å². The van der Waals surface area contributed by atoms with E-state index >= 15 is 0 Å². The molecular formula is C15H17NO3S. The van der Waals surface area contributed by atoms with Crippen molar-refractivity contribution in [1.82, 2.24) is 0 Å². The number of methoxy groups -OCH3 is 1. The Balaban J connectivity index is 1.95. The molecule has 0 aliphatic rings. The van der Waals surface area contributed by atoms with E-state index in [1.54, 1.807) is 11.3 Å². The Morgan fingerprint density at radius 1 is 1.35 bits per heavy atom. The summed E-state index contributed by atoms with van der Waals surface area (Å²) in [5, 5.41) is 2.02. The molecule has 2 rings (SSSR count). The van der Waals surface area contributed by atoms with Crippen LogP contribution in [0.1, 0.15) is 10.4 Å². The fourth-order valence-corrected chi connectivity index (χ4v) is 2.42. The van der Waals surface area contributed by atoms with E-state index in [1.807, 2.05) is 41.8 Å². The van der Waals surface area contributed by atoms with Gasteiger partial charge in [0.15, 0.2) is 0 Å². The van der Waals surface area contributed by atoms with E-state index in [0.717, 1.165) is 11.3 Å². The molecule has 106 valence electrons. The van der Waals surface area contributed by atoms with E-state index in [0.29, 0.717) is 13.0 Å². The SMILES string of the molecule is COC(=O)C(N)Cc1cccc(OCc2cccs2)c1. The third kappa shape index (κ3) is 4.08. The molecule has 1 atom stereocenters. The van der Waals surface area contributed by atoms with E-state index < -0.39 is 12.0 Å². The van der Waals surface area contributed by atoms with Crippen molar-refractivity contribution in [3.8, 4) is 5.75 Å². The highest BCUT2D eigenvalue weighted by molar-refractivity contribution is 7.09. The summed E-state index contributed by atoms with van der Waals surface area (Å²) in [6, 6.07) is 11.0. The number of benzene rings is 1. The summed E-state index contributed by atoms with van der Waals surface area (Å²) in [7, 11) is 1.34. The normalized spacial score (nSPS) is 11.9. The molecule has 0 fully saturated rings. The van der Waals surface area contributed by atoms with Crippen LogP contribution in [-0.4, -0.2) is 19.1 Å². The van der Waals surface area contributed by atoms with Crippen molar-refractivity contribution < 1.29 is 14.3 Å². The number of esters is 1. The third-order valence-electron chi connectivity index (χ3n) is 2.82. The van der Waals surface area contributed by atoms with Gasteiger partial charge in [-0.2, -0.15) is 0 Å². The molecule has 0 radical (unpaired) electrons. The fraction of sp³-hybridized carbons (Fsp3) is 0.267. The monoisotopic (exact) mass is 291 g/mol. The molecule has 0 amide bonds. The molecule has 0 aliphatic heterocycles. The van der Waals surface area contributed by atoms with E-state index in [9.17, 15) is 4.79 Å². The Bertz CT molecular complexity index is 554. The zero-order chi connectivity index (χ0) is 14.4. The highest BCUT2D eigenvalue weighted by atomic mass is 32.1. The van der Waals surface area contributed by atoms with Gasteiger partial charge in [0.2, 0.25) is 0 Å². The van der Waals surface area contributed by atoms with Gasteiger partial charge in [0.25, 0.3) is 0 Å². The van der Waals surface area contributed by atoms with E-state index in [-0.39, 0.29) is 0 Å². The first-order valence-corrected chi connectivity index (χ1v) is 7.14. The van der Waals surface area contributed by atoms with Crippen molar-refractivity contribution in [1.29, 1.82) is 0 Å². The summed E-state index contributed by atoms with van der Waals surface area (Å²) in [6.45, 7) is 0.546. The van der Waals surface area contributed by atoms with Gasteiger partial charge in [0.1, 0.15) is 18.4 Å². The molecule has 0 saturated heterocycles. The molecule has 0 aliphatic carbocycles. The maximum Gasteiger partial charge on any atom is 0.322 e. The highest BCUT2D eigenvalue weighted by Gasteiger charge is 2.14. The molecule has 0 bridgehead atoms. The van der Waals surface area contributed by atoms with Gasteiger partial charge in [0.05, 0.1) is 7.11 Å². The van der Waals surface area contributed by atoms with Crippen molar-refractivity contribution in [2.75, 3.05) is 7.11 Å².